The summed E-state index contributed by atoms with van der Waals surface area (Å²) in [5, 5.41) is 3.32. The molecule has 0 spiro atoms. The lowest BCUT2D eigenvalue weighted by Crippen LogP contribution is -2.37. The number of thiazole rings is 1. The molecule has 1 N–H and O–H groups in total. The van der Waals surface area contributed by atoms with Crippen LogP contribution in [0.3, 0.4) is 0 Å². The number of nitrogens with zero attached hydrogens (tertiary/aromatic N) is 2. The topological polar surface area (TPSA) is 88.6 Å². The first-order valence-electron chi connectivity index (χ1n) is 12.1. The highest BCUT2D eigenvalue weighted by Crippen LogP contribution is 2.31. The second-order valence-corrected chi connectivity index (χ2v) is 12.6. The molecule has 3 rings (SSSR count). The molecule has 0 aliphatic rings. The fraction of sp³-hybridized carbons (Fsp3) is 0.407. The van der Waals surface area contributed by atoms with E-state index in [2.05, 4.69) is 10.3 Å². The Balaban J connectivity index is 1.74. The molecule has 194 valence electrons. The quantitative estimate of drug-likeness (QED) is 0.326. The third-order valence-electron chi connectivity index (χ3n) is 5.35. The first-order chi connectivity index (χ1) is 17.0. The Bertz CT molecular complexity index is 1260. The van der Waals surface area contributed by atoms with Crippen LogP contribution in [0.2, 0.25) is 0 Å². The summed E-state index contributed by atoms with van der Waals surface area (Å²) in [6, 6.07) is 13.8. The van der Waals surface area contributed by atoms with Gasteiger partial charge < -0.3 is 4.74 Å². The monoisotopic (exact) mass is 529 g/mol. The number of carbonyl (C=O) groups excluding carboxylic acids is 1. The molecule has 36 heavy (non-hydrogen) atoms. The molecule has 0 aliphatic carbocycles. The largest absolute Gasteiger partial charge is 0.494 e. The van der Waals surface area contributed by atoms with Gasteiger partial charge in [-0.2, -0.15) is 4.31 Å². The number of aryl methyl sites for hydroxylation is 1. The van der Waals surface area contributed by atoms with Crippen molar-refractivity contribution in [1.82, 2.24) is 9.29 Å². The molecule has 0 unspecified atom stereocenters. The van der Waals surface area contributed by atoms with Crippen LogP contribution in [-0.2, 0) is 10.0 Å². The Morgan fingerprint density at radius 2 is 1.58 bits per heavy atom. The molecule has 0 radical (unpaired) electrons. The van der Waals surface area contributed by atoms with Gasteiger partial charge in [0.1, 0.15) is 5.75 Å². The van der Waals surface area contributed by atoms with Gasteiger partial charge in [-0.3, -0.25) is 10.1 Å². The summed E-state index contributed by atoms with van der Waals surface area (Å²) in [4.78, 5) is 18.6. The Kier molecular flexibility index (Phi) is 9.27. The zero-order chi connectivity index (χ0) is 26.5. The van der Waals surface area contributed by atoms with Crippen LogP contribution in [0.4, 0.5) is 5.13 Å². The fourth-order valence-electron chi connectivity index (χ4n) is 3.78. The van der Waals surface area contributed by atoms with Gasteiger partial charge in [0.15, 0.2) is 5.13 Å². The molecule has 1 amide bonds. The van der Waals surface area contributed by atoms with Gasteiger partial charge in [-0.1, -0.05) is 27.7 Å². The van der Waals surface area contributed by atoms with Crippen LogP contribution in [0.15, 0.2) is 53.4 Å². The first-order valence-corrected chi connectivity index (χ1v) is 14.4. The Hall–Kier alpha value is -2.75. The minimum atomic E-state index is -3.65. The molecule has 7 nitrogen and oxygen atoms in total. The molecular weight excluding hydrogens is 494 g/mol. The van der Waals surface area contributed by atoms with E-state index < -0.39 is 10.0 Å². The van der Waals surface area contributed by atoms with E-state index in [4.69, 9.17) is 4.74 Å². The highest BCUT2D eigenvalue weighted by Gasteiger charge is 2.26. The minimum Gasteiger partial charge on any atom is -0.494 e. The van der Waals surface area contributed by atoms with Gasteiger partial charge in [0.2, 0.25) is 10.0 Å². The number of rotatable bonds is 11. The SMILES string of the molecule is CCOc1ccc(-c2nc(NC(=O)c3ccc(S(=O)(=O)N(CC(C)C)CC(C)C)cc3)sc2C)cc1. The van der Waals surface area contributed by atoms with Gasteiger partial charge in [-0.25, -0.2) is 13.4 Å². The molecule has 0 bridgehead atoms. The van der Waals surface area contributed by atoms with E-state index in [-0.39, 0.29) is 22.6 Å². The van der Waals surface area contributed by atoms with Crippen LogP contribution in [0.5, 0.6) is 5.75 Å². The van der Waals surface area contributed by atoms with E-state index in [1.54, 1.807) is 12.1 Å². The highest BCUT2D eigenvalue weighted by molar-refractivity contribution is 7.89. The van der Waals surface area contributed by atoms with Crippen molar-refractivity contribution in [3.63, 3.8) is 0 Å². The van der Waals surface area contributed by atoms with Crippen molar-refractivity contribution in [2.45, 2.75) is 46.4 Å². The van der Waals surface area contributed by atoms with Crippen molar-refractivity contribution in [3.8, 4) is 17.0 Å². The zero-order valence-corrected chi connectivity index (χ0v) is 23.4. The molecule has 0 aliphatic heterocycles. The first kappa shape index (κ1) is 27.8. The van der Waals surface area contributed by atoms with Gasteiger partial charge in [0.25, 0.3) is 5.91 Å². The van der Waals surface area contributed by atoms with Crippen molar-refractivity contribution >= 4 is 32.4 Å². The maximum absolute atomic E-state index is 13.2. The number of sulfonamides is 1. The van der Waals surface area contributed by atoms with Crippen LogP contribution < -0.4 is 10.1 Å². The van der Waals surface area contributed by atoms with Crippen molar-refractivity contribution in [1.29, 1.82) is 0 Å². The minimum absolute atomic E-state index is 0.184. The predicted octanol–water partition coefficient (Wildman–Crippen LogP) is 6.07. The van der Waals surface area contributed by atoms with Gasteiger partial charge in [-0.15, -0.1) is 11.3 Å². The van der Waals surface area contributed by atoms with E-state index in [1.165, 1.54) is 27.8 Å². The van der Waals surface area contributed by atoms with Gasteiger partial charge in [0.05, 0.1) is 17.2 Å². The number of anilines is 1. The summed E-state index contributed by atoms with van der Waals surface area (Å²) in [6.07, 6.45) is 0. The standard InChI is InChI=1S/C27H35N3O4S2/c1-7-34-23-12-8-21(9-13-23)25-20(6)35-27(28-25)29-26(31)22-10-14-24(15-11-22)36(32,33)30(16-18(2)3)17-19(4)5/h8-15,18-19H,7,16-17H2,1-6H3,(H,28,29,31). The summed E-state index contributed by atoms with van der Waals surface area (Å²) < 4.78 is 33.5. The Morgan fingerprint density at radius 1 is 1.00 bits per heavy atom. The number of hydrogen-bond acceptors (Lipinski definition) is 6. The normalized spacial score (nSPS) is 11.9. The summed E-state index contributed by atoms with van der Waals surface area (Å²) >= 11 is 1.39. The number of benzene rings is 2. The molecule has 1 aromatic heterocycles. The maximum atomic E-state index is 13.2. The van der Waals surface area contributed by atoms with Crippen LogP contribution in [0, 0.1) is 18.8 Å². The average molecular weight is 530 g/mol. The van der Waals surface area contributed by atoms with Crippen LogP contribution >= 0.6 is 11.3 Å². The van der Waals surface area contributed by atoms with E-state index >= 15 is 0 Å². The molecule has 3 aromatic rings. The van der Waals surface area contributed by atoms with Crippen LogP contribution in [0.1, 0.15) is 49.9 Å². The van der Waals surface area contributed by atoms with Crippen LogP contribution in [0.25, 0.3) is 11.3 Å². The van der Waals surface area contributed by atoms with E-state index in [0.717, 1.165) is 21.9 Å². The molecule has 0 atom stereocenters. The molecule has 2 aromatic carbocycles. The zero-order valence-electron chi connectivity index (χ0n) is 21.7. The van der Waals surface area contributed by atoms with Gasteiger partial charge in [-0.05, 0) is 74.2 Å². The van der Waals surface area contributed by atoms with Gasteiger partial charge >= 0.3 is 0 Å². The third kappa shape index (κ3) is 6.93. The molecule has 0 saturated heterocycles. The molecule has 1 heterocycles. The average Bonchev–Trinajstić information content (AvgIpc) is 3.18. The van der Waals surface area contributed by atoms with Crippen LogP contribution in [-0.4, -0.2) is 43.3 Å². The number of aromatic nitrogens is 1. The number of nitrogens with one attached hydrogen (secondary N) is 1. The van der Waals surface area contributed by atoms with Gasteiger partial charge in [0, 0.05) is 29.1 Å². The summed E-state index contributed by atoms with van der Waals surface area (Å²) in [5.74, 6) is 0.868. The van der Waals surface area contributed by atoms with Crippen molar-refractivity contribution in [2.24, 2.45) is 11.8 Å². The Morgan fingerprint density at radius 3 is 2.11 bits per heavy atom. The number of carbonyl (C=O) groups is 1. The summed E-state index contributed by atoms with van der Waals surface area (Å²) in [7, 11) is -3.65. The number of amides is 1. The summed E-state index contributed by atoms with van der Waals surface area (Å²) in [6.45, 7) is 13.4. The lowest BCUT2D eigenvalue weighted by Gasteiger charge is -2.25. The maximum Gasteiger partial charge on any atom is 0.257 e. The van der Waals surface area contributed by atoms with Crippen molar-refractivity contribution in [3.05, 3.63) is 59.0 Å². The smallest absolute Gasteiger partial charge is 0.257 e. The molecule has 0 fully saturated rings. The lowest BCUT2D eigenvalue weighted by atomic mass is 10.1. The molecule has 9 heteroatoms. The lowest BCUT2D eigenvalue weighted by molar-refractivity contribution is 0.102. The number of hydrogen-bond donors (Lipinski definition) is 1. The highest BCUT2D eigenvalue weighted by atomic mass is 32.2. The molecule has 0 saturated carbocycles. The van der Waals surface area contributed by atoms with Crippen molar-refractivity contribution in [2.75, 3.05) is 25.0 Å². The summed E-state index contributed by atoms with van der Waals surface area (Å²) in [5.41, 5.74) is 2.11. The predicted molar refractivity (Wildman–Crippen MR) is 146 cm³/mol. The van der Waals surface area contributed by atoms with E-state index in [0.29, 0.717) is 30.4 Å². The second-order valence-electron chi connectivity index (χ2n) is 9.47. The van der Waals surface area contributed by atoms with Crippen molar-refractivity contribution < 1.29 is 17.9 Å². The molecular formula is C27H35N3O4S2. The fourth-order valence-corrected chi connectivity index (χ4v) is 6.37. The number of ether oxygens (including phenoxy) is 1. The third-order valence-corrected chi connectivity index (χ3v) is 8.08. The van der Waals surface area contributed by atoms with E-state index in [1.807, 2.05) is 65.8 Å². The van der Waals surface area contributed by atoms with E-state index in [9.17, 15) is 13.2 Å². The second kappa shape index (κ2) is 12.0. The Labute approximate surface area is 218 Å².